The number of methoxy groups -OCH3 is 1. The first-order valence-corrected chi connectivity index (χ1v) is 6.62. The highest BCUT2D eigenvalue weighted by Gasteiger charge is 2.22. The first-order chi connectivity index (χ1) is 9.12. The second-order valence-corrected chi connectivity index (χ2v) is 4.44. The zero-order valence-corrected chi connectivity index (χ0v) is 12.2. The molecule has 106 valence electrons. The van der Waals surface area contributed by atoms with Gasteiger partial charge in [-0.1, -0.05) is 19.1 Å². The van der Waals surface area contributed by atoms with Gasteiger partial charge in [0.2, 0.25) is 0 Å². The molecule has 0 radical (unpaired) electrons. The quantitative estimate of drug-likeness (QED) is 0.710. The molecule has 0 saturated heterocycles. The molecular weight excluding hydrogens is 242 g/mol. The Balaban J connectivity index is 2.65. The molecule has 1 aromatic carbocycles. The Morgan fingerprint density at radius 3 is 2.37 bits per heavy atom. The average Bonchev–Trinajstić information content (AvgIpc) is 2.40. The van der Waals surface area contributed by atoms with Crippen molar-refractivity contribution in [3.05, 3.63) is 29.8 Å². The van der Waals surface area contributed by atoms with Crippen LogP contribution in [0.2, 0.25) is 0 Å². The van der Waals surface area contributed by atoms with E-state index in [0.29, 0.717) is 13.2 Å². The molecule has 1 unspecified atom stereocenters. The normalized spacial score (nSPS) is 12.3. The summed E-state index contributed by atoms with van der Waals surface area (Å²) in [5, 5.41) is 0. The maximum Gasteiger partial charge on any atom is 0.323 e. The third kappa shape index (κ3) is 4.56. The first-order valence-electron chi connectivity index (χ1n) is 6.62. The number of likely N-dealkylation sites (N-methyl/N-ethyl adjacent to an activating group) is 1. The van der Waals surface area contributed by atoms with Gasteiger partial charge in [0, 0.05) is 6.54 Å². The molecule has 4 heteroatoms. The largest absolute Gasteiger partial charge is 0.497 e. The Hall–Kier alpha value is -1.55. The fourth-order valence-electron chi connectivity index (χ4n) is 2.03. The van der Waals surface area contributed by atoms with Crippen LogP contribution in [0.5, 0.6) is 5.75 Å². The predicted octanol–water partition coefficient (Wildman–Crippen LogP) is 2.47. The Labute approximate surface area is 115 Å². The monoisotopic (exact) mass is 265 g/mol. The number of hydrogen-bond donors (Lipinski definition) is 0. The van der Waals surface area contributed by atoms with E-state index in [1.807, 2.05) is 50.1 Å². The number of nitrogens with zero attached hydrogens (tertiary/aromatic N) is 1. The van der Waals surface area contributed by atoms with Gasteiger partial charge >= 0.3 is 5.97 Å². The molecule has 0 aliphatic heterocycles. The number of esters is 1. The predicted molar refractivity (Wildman–Crippen MR) is 75.2 cm³/mol. The van der Waals surface area contributed by atoms with Crippen molar-refractivity contribution in [2.75, 3.05) is 20.8 Å². The van der Waals surface area contributed by atoms with E-state index < -0.39 is 0 Å². The van der Waals surface area contributed by atoms with E-state index in [-0.39, 0.29) is 12.0 Å². The zero-order chi connectivity index (χ0) is 14.3. The molecule has 1 rings (SSSR count). The lowest BCUT2D eigenvalue weighted by atomic mass is 10.1. The van der Waals surface area contributed by atoms with Crippen LogP contribution in [0.25, 0.3) is 0 Å². The van der Waals surface area contributed by atoms with E-state index in [0.717, 1.165) is 17.7 Å². The van der Waals surface area contributed by atoms with Crippen LogP contribution in [0.1, 0.15) is 25.8 Å². The fraction of sp³-hybridized carbons (Fsp3) is 0.533. The van der Waals surface area contributed by atoms with Crippen molar-refractivity contribution >= 4 is 5.97 Å². The van der Waals surface area contributed by atoms with Crippen molar-refractivity contribution in [1.82, 2.24) is 4.90 Å². The molecule has 1 aromatic rings. The summed E-state index contributed by atoms with van der Waals surface area (Å²) in [4.78, 5) is 13.8. The highest BCUT2D eigenvalue weighted by atomic mass is 16.5. The standard InChI is InChI=1S/C15H23NO3/c1-5-14(15(17)19-6-2)16(3)11-12-7-9-13(18-4)10-8-12/h7-10,14H,5-6,11H2,1-4H3. The van der Waals surface area contributed by atoms with Crippen molar-refractivity contribution < 1.29 is 14.3 Å². The van der Waals surface area contributed by atoms with Crippen LogP contribution in [-0.2, 0) is 16.1 Å². The minimum atomic E-state index is -0.193. The number of benzene rings is 1. The number of ether oxygens (including phenoxy) is 2. The number of carbonyl (C=O) groups is 1. The van der Waals surface area contributed by atoms with Crippen molar-refractivity contribution in [3.8, 4) is 5.75 Å². The van der Waals surface area contributed by atoms with E-state index in [9.17, 15) is 4.79 Å². The fourth-order valence-corrected chi connectivity index (χ4v) is 2.03. The van der Waals surface area contributed by atoms with Gasteiger partial charge in [-0.15, -0.1) is 0 Å². The van der Waals surface area contributed by atoms with Crippen LogP contribution in [0.3, 0.4) is 0 Å². The van der Waals surface area contributed by atoms with Gasteiger partial charge in [-0.05, 0) is 38.1 Å². The van der Waals surface area contributed by atoms with Crippen molar-refractivity contribution in [2.24, 2.45) is 0 Å². The van der Waals surface area contributed by atoms with Crippen molar-refractivity contribution in [1.29, 1.82) is 0 Å². The summed E-state index contributed by atoms with van der Waals surface area (Å²) in [7, 11) is 3.59. The zero-order valence-electron chi connectivity index (χ0n) is 12.2. The third-order valence-corrected chi connectivity index (χ3v) is 3.07. The van der Waals surface area contributed by atoms with Crippen LogP contribution < -0.4 is 4.74 Å². The number of rotatable bonds is 7. The van der Waals surface area contributed by atoms with E-state index in [1.165, 1.54) is 0 Å². The van der Waals surface area contributed by atoms with Gasteiger partial charge in [0.1, 0.15) is 11.8 Å². The van der Waals surface area contributed by atoms with Crippen LogP contribution in [-0.4, -0.2) is 37.7 Å². The van der Waals surface area contributed by atoms with E-state index in [1.54, 1.807) is 7.11 Å². The molecule has 0 amide bonds. The molecule has 1 atom stereocenters. The van der Waals surface area contributed by atoms with Gasteiger partial charge in [0.25, 0.3) is 0 Å². The summed E-state index contributed by atoms with van der Waals surface area (Å²) in [5.74, 6) is 0.685. The topological polar surface area (TPSA) is 38.8 Å². The van der Waals surface area contributed by atoms with Crippen molar-refractivity contribution in [2.45, 2.75) is 32.9 Å². The van der Waals surface area contributed by atoms with Gasteiger partial charge in [0.05, 0.1) is 13.7 Å². The van der Waals surface area contributed by atoms with Crippen LogP contribution >= 0.6 is 0 Å². The van der Waals surface area contributed by atoms with E-state index in [2.05, 4.69) is 0 Å². The molecule has 19 heavy (non-hydrogen) atoms. The van der Waals surface area contributed by atoms with E-state index in [4.69, 9.17) is 9.47 Å². The molecular formula is C15H23NO3. The summed E-state index contributed by atoms with van der Waals surface area (Å²) in [5.41, 5.74) is 1.14. The minimum absolute atomic E-state index is 0.152. The summed E-state index contributed by atoms with van der Waals surface area (Å²) in [6.45, 7) is 4.95. The number of carbonyl (C=O) groups excluding carboxylic acids is 1. The first kappa shape index (κ1) is 15.5. The molecule has 0 heterocycles. The highest BCUT2D eigenvalue weighted by Crippen LogP contribution is 2.14. The summed E-state index contributed by atoms with van der Waals surface area (Å²) >= 11 is 0. The maximum absolute atomic E-state index is 11.8. The van der Waals surface area contributed by atoms with Gasteiger partial charge in [0.15, 0.2) is 0 Å². The SMILES string of the molecule is CCOC(=O)C(CC)N(C)Cc1ccc(OC)cc1. The van der Waals surface area contributed by atoms with Gasteiger partial charge in [-0.2, -0.15) is 0 Å². The van der Waals surface area contributed by atoms with Crippen LogP contribution in [0.15, 0.2) is 24.3 Å². The third-order valence-electron chi connectivity index (χ3n) is 3.07. The lowest BCUT2D eigenvalue weighted by molar-refractivity contribution is -0.149. The molecule has 0 aromatic heterocycles. The summed E-state index contributed by atoms with van der Waals surface area (Å²) in [6, 6.07) is 7.67. The Kier molecular flexibility index (Phi) is 6.36. The van der Waals surface area contributed by atoms with Crippen LogP contribution in [0, 0.1) is 0 Å². The highest BCUT2D eigenvalue weighted by molar-refractivity contribution is 5.75. The molecule has 0 N–H and O–H groups in total. The molecule has 0 fully saturated rings. The van der Waals surface area contributed by atoms with Crippen molar-refractivity contribution in [3.63, 3.8) is 0 Å². The second-order valence-electron chi connectivity index (χ2n) is 4.44. The summed E-state index contributed by atoms with van der Waals surface area (Å²) < 4.78 is 10.2. The molecule has 0 saturated carbocycles. The lowest BCUT2D eigenvalue weighted by Gasteiger charge is -2.25. The number of hydrogen-bond acceptors (Lipinski definition) is 4. The molecule has 0 aliphatic rings. The Bertz CT molecular complexity index is 389. The smallest absolute Gasteiger partial charge is 0.323 e. The molecule has 0 spiro atoms. The second kappa shape index (κ2) is 7.79. The average molecular weight is 265 g/mol. The molecule has 4 nitrogen and oxygen atoms in total. The van der Waals surface area contributed by atoms with E-state index >= 15 is 0 Å². The molecule has 0 bridgehead atoms. The van der Waals surface area contributed by atoms with Crippen LogP contribution in [0.4, 0.5) is 0 Å². The maximum atomic E-state index is 11.8. The summed E-state index contributed by atoms with van der Waals surface area (Å²) in [6.07, 6.45) is 0.742. The Morgan fingerprint density at radius 1 is 1.26 bits per heavy atom. The minimum Gasteiger partial charge on any atom is -0.497 e. The van der Waals surface area contributed by atoms with Gasteiger partial charge in [-0.3, -0.25) is 9.69 Å². The van der Waals surface area contributed by atoms with Gasteiger partial charge in [-0.25, -0.2) is 0 Å². The lowest BCUT2D eigenvalue weighted by Crippen LogP contribution is -2.38. The van der Waals surface area contributed by atoms with Gasteiger partial charge < -0.3 is 9.47 Å². The molecule has 0 aliphatic carbocycles. The Morgan fingerprint density at radius 2 is 1.89 bits per heavy atom.